The fourth-order valence-corrected chi connectivity index (χ4v) is 5.19. The summed E-state index contributed by atoms with van der Waals surface area (Å²) in [7, 11) is -3.61. The van der Waals surface area contributed by atoms with E-state index in [1.807, 2.05) is 0 Å². The van der Waals surface area contributed by atoms with E-state index in [2.05, 4.69) is 11.6 Å². The SMILES string of the molecule is CCC1CCCCC1NS(=O)(=O)c1cc(C(=O)O)cs1. The summed E-state index contributed by atoms with van der Waals surface area (Å²) in [5.74, 6) is -0.732. The molecule has 2 atom stereocenters. The van der Waals surface area contributed by atoms with Crippen LogP contribution in [0.1, 0.15) is 49.4 Å². The number of rotatable bonds is 5. The lowest BCUT2D eigenvalue weighted by atomic mass is 9.83. The lowest BCUT2D eigenvalue weighted by molar-refractivity contribution is 0.0697. The summed E-state index contributed by atoms with van der Waals surface area (Å²) in [6, 6.07) is 1.19. The molecule has 1 saturated carbocycles. The van der Waals surface area contributed by atoms with Crippen molar-refractivity contribution < 1.29 is 18.3 Å². The van der Waals surface area contributed by atoms with E-state index in [1.165, 1.54) is 11.4 Å². The van der Waals surface area contributed by atoms with Crippen molar-refractivity contribution in [3.63, 3.8) is 0 Å². The highest BCUT2D eigenvalue weighted by Crippen LogP contribution is 2.29. The van der Waals surface area contributed by atoms with E-state index in [-0.39, 0.29) is 15.8 Å². The van der Waals surface area contributed by atoms with Gasteiger partial charge in [0.15, 0.2) is 0 Å². The van der Waals surface area contributed by atoms with Gasteiger partial charge in [0.25, 0.3) is 0 Å². The Labute approximate surface area is 123 Å². The second-order valence-electron chi connectivity index (χ2n) is 5.14. The summed E-state index contributed by atoms with van der Waals surface area (Å²) >= 11 is 0.951. The molecule has 0 aromatic carbocycles. The minimum Gasteiger partial charge on any atom is -0.478 e. The van der Waals surface area contributed by atoms with Crippen LogP contribution in [-0.4, -0.2) is 25.5 Å². The molecule has 5 nitrogen and oxygen atoms in total. The van der Waals surface area contributed by atoms with Gasteiger partial charge in [-0.2, -0.15) is 0 Å². The Morgan fingerprint density at radius 3 is 2.75 bits per heavy atom. The van der Waals surface area contributed by atoms with Gasteiger partial charge in [0, 0.05) is 11.4 Å². The summed E-state index contributed by atoms with van der Waals surface area (Å²) in [6.07, 6.45) is 5.05. The third-order valence-corrected chi connectivity index (χ3v) is 6.76. The van der Waals surface area contributed by atoms with Crippen molar-refractivity contribution in [3.8, 4) is 0 Å². The van der Waals surface area contributed by atoms with Crippen LogP contribution in [0.3, 0.4) is 0 Å². The van der Waals surface area contributed by atoms with E-state index in [1.54, 1.807) is 0 Å². The quantitative estimate of drug-likeness (QED) is 0.874. The van der Waals surface area contributed by atoms with E-state index >= 15 is 0 Å². The smallest absolute Gasteiger partial charge is 0.336 e. The molecule has 0 amide bonds. The van der Waals surface area contributed by atoms with Gasteiger partial charge in [-0.3, -0.25) is 0 Å². The van der Waals surface area contributed by atoms with E-state index in [9.17, 15) is 13.2 Å². The molecule has 2 N–H and O–H groups in total. The van der Waals surface area contributed by atoms with E-state index in [0.29, 0.717) is 5.92 Å². The second kappa shape index (κ2) is 6.24. The number of nitrogens with one attached hydrogen (secondary N) is 1. The van der Waals surface area contributed by atoms with Crippen molar-refractivity contribution in [3.05, 3.63) is 17.0 Å². The number of thiophene rings is 1. The van der Waals surface area contributed by atoms with Gasteiger partial charge in [0.2, 0.25) is 10.0 Å². The van der Waals surface area contributed by atoms with Crippen LogP contribution in [0.4, 0.5) is 0 Å². The predicted molar refractivity (Wildman–Crippen MR) is 77.6 cm³/mol. The summed E-state index contributed by atoms with van der Waals surface area (Å²) in [5, 5.41) is 10.2. The number of aromatic carboxylic acids is 1. The molecule has 1 fully saturated rings. The fourth-order valence-electron chi connectivity index (χ4n) is 2.68. The minimum absolute atomic E-state index is 0.0195. The Morgan fingerprint density at radius 1 is 1.45 bits per heavy atom. The zero-order valence-electron chi connectivity index (χ0n) is 11.3. The molecule has 1 aromatic rings. The molecular weight excluding hydrogens is 298 g/mol. The van der Waals surface area contributed by atoms with Crippen molar-refractivity contribution >= 4 is 27.3 Å². The molecule has 1 aromatic heterocycles. The first-order valence-electron chi connectivity index (χ1n) is 6.78. The van der Waals surface area contributed by atoms with Crippen LogP contribution in [0.25, 0.3) is 0 Å². The summed E-state index contributed by atoms with van der Waals surface area (Å²) in [5.41, 5.74) is 0.0195. The van der Waals surface area contributed by atoms with E-state index < -0.39 is 16.0 Å². The molecule has 0 spiro atoms. The molecule has 0 aliphatic heterocycles. The number of carboxylic acids is 1. The van der Waals surface area contributed by atoms with Crippen molar-refractivity contribution in [2.45, 2.75) is 49.3 Å². The van der Waals surface area contributed by atoms with Crippen LogP contribution in [-0.2, 0) is 10.0 Å². The highest BCUT2D eigenvalue weighted by Gasteiger charge is 2.29. The van der Waals surface area contributed by atoms with Crippen LogP contribution in [0.5, 0.6) is 0 Å². The largest absolute Gasteiger partial charge is 0.478 e. The Kier molecular flexibility index (Phi) is 4.82. The molecule has 20 heavy (non-hydrogen) atoms. The fraction of sp³-hybridized carbons (Fsp3) is 0.615. The zero-order valence-corrected chi connectivity index (χ0v) is 13.0. The van der Waals surface area contributed by atoms with Crippen molar-refractivity contribution in [2.75, 3.05) is 0 Å². The monoisotopic (exact) mass is 317 g/mol. The van der Waals surface area contributed by atoms with E-state index in [4.69, 9.17) is 5.11 Å². The highest BCUT2D eigenvalue weighted by atomic mass is 32.2. The summed E-state index contributed by atoms with van der Waals surface area (Å²) < 4.78 is 27.4. The molecule has 1 heterocycles. The maximum atomic E-state index is 12.3. The molecule has 1 aliphatic rings. The number of hydrogen-bond donors (Lipinski definition) is 2. The number of carboxylic acid groups (broad SMARTS) is 1. The van der Waals surface area contributed by atoms with Gasteiger partial charge in [-0.1, -0.05) is 26.2 Å². The summed E-state index contributed by atoms with van der Waals surface area (Å²) in [4.78, 5) is 10.8. The van der Waals surface area contributed by atoms with Gasteiger partial charge in [0.05, 0.1) is 5.56 Å². The van der Waals surface area contributed by atoms with Gasteiger partial charge >= 0.3 is 5.97 Å². The molecule has 1 aliphatic carbocycles. The maximum Gasteiger partial charge on any atom is 0.336 e. The molecule has 112 valence electrons. The Bertz CT molecular complexity index is 579. The van der Waals surface area contributed by atoms with Crippen LogP contribution in [0.15, 0.2) is 15.7 Å². The lowest BCUT2D eigenvalue weighted by Crippen LogP contribution is -2.41. The molecule has 0 bridgehead atoms. The zero-order chi connectivity index (χ0) is 14.8. The predicted octanol–water partition coefficient (Wildman–Crippen LogP) is 2.69. The highest BCUT2D eigenvalue weighted by molar-refractivity contribution is 7.91. The molecular formula is C13H19NO4S2. The first-order valence-corrected chi connectivity index (χ1v) is 9.14. The van der Waals surface area contributed by atoms with Crippen LogP contribution < -0.4 is 4.72 Å². The van der Waals surface area contributed by atoms with Gasteiger partial charge < -0.3 is 5.11 Å². The maximum absolute atomic E-state index is 12.3. The molecule has 7 heteroatoms. The first-order chi connectivity index (χ1) is 9.44. The standard InChI is InChI=1S/C13H19NO4S2/c1-2-9-5-3-4-6-11(9)14-20(17,18)12-7-10(8-19-12)13(15)16/h7-9,11,14H,2-6H2,1H3,(H,15,16). The summed E-state index contributed by atoms with van der Waals surface area (Å²) in [6.45, 7) is 2.07. The van der Waals surface area contributed by atoms with Gasteiger partial charge in [0.1, 0.15) is 4.21 Å². The molecule has 2 rings (SSSR count). The van der Waals surface area contributed by atoms with Gasteiger partial charge in [-0.25, -0.2) is 17.9 Å². The third-order valence-electron chi connectivity index (χ3n) is 3.83. The van der Waals surface area contributed by atoms with Crippen molar-refractivity contribution in [1.82, 2.24) is 4.72 Å². The lowest BCUT2D eigenvalue weighted by Gasteiger charge is -2.31. The average molecular weight is 317 g/mol. The topological polar surface area (TPSA) is 83.5 Å². The van der Waals surface area contributed by atoms with Gasteiger partial charge in [-0.05, 0) is 24.8 Å². The van der Waals surface area contributed by atoms with Crippen LogP contribution in [0.2, 0.25) is 0 Å². The minimum atomic E-state index is -3.61. The Morgan fingerprint density at radius 2 is 2.15 bits per heavy atom. The molecule has 0 radical (unpaired) electrons. The van der Waals surface area contributed by atoms with Crippen molar-refractivity contribution in [1.29, 1.82) is 0 Å². The Hall–Kier alpha value is -0.920. The molecule has 0 saturated heterocycles. The van der Waals surface area contributed by atoms with Gasteiger partial charge in [-0.15, -0.1) is 11.3 Å². The van der Waals surface area contributed by atoms with E-state index in [0.717, 1.165) is 43.4 Å². The third kappa shape index (κ3) is 3.39. The number of carbonyl (C=O) groups is 1. The number of hydrogen-bond acceptors (Lipinski definition) is 4. The average Bonchev–Trinajstić information content (AvgIpc) is 2.89. The van der Waals surface area contributed by atoms with Crippen LogP contribution >= 0.6 is 11.3 Å². The Balaban J connectivity index is 2.15. The first kappa shape index (κ1) is 15.5. The second-order valence-corrected chi connectivity index (χ2v) is 7.99. The van der Waals surface area contributed by atoms with Crippen LogP contribution in [0, 0.1) is 5.92 Å². The number of sulfonamides is 1. The van der Waals surface area contributed by atoms with Crippen molar-refractivity contribution in [2.24, 2.45) is 5.92 Å². The normalized spacial score (nSPS) is 23.6. The molecule has 2 unspecified atom stereocenters.